The van der Waals surface area contributed by atoms with E-state index in [2.05, 4.69) is 0 Å². The molecule has 1 N–H and O–H groups in total. The van der Waals surface area contributed by atoms with E-state index in [1.165, 1.54) is 0 Å². The molecule has 0 saturated heterocycles. The molecule has 0 aliphatic heterocycles. The van der Waals surface area contributed by atoms with Gasteiger partial charge in [-0.1, -0.05) is 30.3 Å². The van der Waals surface area contributed by atoms with Gasteiger partial charge in [-0.05, 0) is 25.3 Å². The number of Topliss-reactive ketones (excluding diaryl/α,β-unsaturated/α-hetero) is 1. The van der Waals surface area contributed by atoms with Crippen LogP contribution in [-0.2, 0) is 6.42 Å². The van der Waals surface area contributed by atoms with Crippen LogP contribution < -0.4 is 5.43 Å². The van der Waals surface area contributed by atoms with Gasteiger partial charge in [0.05, 0.1) is 0 Å². The zero-order valence-electron chi connectivity index (χ0n) is 11.3. The molecule has 1 heterocycles. The van der Waals surface area contributed by atoms with Crippen LogP contribution in [-0.4, -0.2) is 10.9 Å². The van der Waals surface area contributed by atoms with Crippen LogP contribution >= 0.6 is 0 Å². The molecule has 1 aromatic heterocycles. The summed E-state index contributed by atoms with van der Waals surface area (Å²) in [5, 5.41) is 9.32. The highest BCUT2D eigenvalue weighted by Gasteiger charge is 2.17. The first-order chi connectivity index (χ1) is 9.59. The summed E-state index contributed by atoms with van der Waals surface area (Å²) in [6, 6.07) is 9.84. The van der Waals surface area contributed by atoms with Crippen LogP contribution in [0.1, 0.15) is 34.5 Å². The molecule has 0 fully saturated rings. The summed E-state index contributed by atoms with van der Waals surface area (Å²) in [4.78, 5) is 23.8. The van der Waals surface area contributed by atoms with E-state index in [0.29, 0.717) is 6.42 Å². The van der Waals surface area contributed by atoms with Crippen LogP contribution in [0.3, 0.4) is 0 Å². The molecular formula is C16H16O4. The molecule has 4 heteroatoms. The lowest BCUT2D eigenvalue weighted by molar-refractivity contribution is 0.0975. The number of benzene rings is 1. The molecule has 0 radical (unpaired) electrons. The monoisotopic (exact) mass is 272 g/mol. The summed E-state index contributed by atoms with van der Waals surface area (Å²) in [7, 11) is 0. The van der Waals surface area contributed by atoms with E-state index in [0.717, 1.165) is 18.2 Å². The number of rotatable bonds is 5. The molecular weight excluding hydrogens is 256 g/mol. The van der Waals surface area contributed by atoms with Crippen LogP contribution in [0, 0.1) is 6.92 Å². The third kappa shape index (κ3) is 3.15. The number of carbonyl (C=O) groups excluding carboxylic acids is 1. The summed E-state index contributed by atoms with van der Waals surface area (Å²) in [6.07, 6.45) is 2.63. The number of hydrogen-bond acceptors (Lipinski definition) is 4. The molecule has 1 aromatic carbocycles. The Hall–Kier alpha value is -2.36. The quantitative estimate of drug-likeness (QED) is 0.850. The van der Waals surface area contributed by atoms with Crippen LogP contribution in [0.25, 0.3) is 0 Å². The maximum Gasteiger partial charge on any atom is 0.237 e. The second kappa shape index (κ2) is 6.19. The van der Waals surface area contributed by atoms with Gasteiger partial charge in [-0.15, -0.1) is 0 Å². The molecule has 0 saturated carbocycles. The summed E-state index contributed by atoms with van der Waals surface area (Å²) in [5.41, 5.74) is 0.455. The number of carbonyl (C=O) groups is 1. The first-order valence-corrected chi connectivity index (χ1v) is 6.48. The summed E-state index contributed by atoms with van der Waals surface area (Å²) < 4.78 is 4.98. The minimum atomic E-state index is -0.654. The Morgan fingerprint density at radius 2 is 1.95 bits per heavy atom. The second-order valence-corrected chi connectivity index (χ2v) is 4.64. The Labute approximate surface area is 116 Å². The first kappa shape index (κ1) is 14.1. The smallest absolute Gasteiger partial charge is 0.237 e. The average Bonchev–Trinajstić information content (AvgIpc) is 2.44. The van der Waals surface area contributed by atoms with Crippen LogP contribution in [0.15, 0.2) is 45.8 Å². The van der Waals surface area contributed by atoms with E-state index in [4.69, 9.17) is 4.42 Å². The molecule has 0 amide bonds. The molecule has 20 heavy (non-hydrogen) atoms. The van der Waals surface area contributed by atoms with Gasteiger partial charge in [-0.3, -0.25) is 9.59 Å². The Morgan fingerprint density at radius 3 is 2.65 bits per heavy atom. The molecule has 2 rings (SSSR count). The zero-order valence-corrected chi connectivity index (χ0v) is 11.3. The number of ketones is 1. The summed E-state index contributed by atoms with van der Waals surface area (Å²) >= 11 is 0. The second-order valence-electron chi connectivity index (χ2n) is 4.64. The lowest BCUT2D eigenvalue weighted by atomic mass is 10.0. The Kier molecular flexibility index (Phi) is 4.35. The first-order valence-electron chi connectivity index (χ1n) is 6.48. The molecule has 0 spiro atoms. The van der Waals surface area contributed by atoms with Crippen LogP contribution in [0.5, 0.6) is 5.75 Å². The van der Waals surface area contributed by atoms with E-state index in [1.807, 2.05) is 30.3 Å². The van der Waals surface area contributed by atoms with E-state index in [9.17, 15) is 14.7 Å². The number of aromatic hydroxyl groups is 1. The van der Waals surface area contributed by atoms with Crippen molar-refractivity contribution in [1.82, 2.24) is 0 Å². The molecule has 0 unspecified atom stereocenters. The van der Waals surface area contributed by atoms with Crippen molar-refractivity contribution in [3.05, 3.63) is 63.7 Å². The van der Waals surface area contributed by atoms with Crippen LogP contribution in [0.4, 0.5) is 0 Å². The van der Waals surface area contributed by atoms with Crippen LogP contribution in [0.2, 0.25) is 0 Å². The van der Waals surface area contributed by atoms with Gasteiger partial charge in [-0.2, -0.15) is 0 Å². The maximum absolute atomic E-state index is 12.1. The Bertz CT molecular complexity index is 656. The lowest BCUT2D eigenvalue weighted by Crippen LogP contribution is -2.16. The molecule has 0 atom stereocenters. The fourth-order valence-electron chi connectivity index (χ4n) is 2.09. The molecule has 104 valence electrons. The highest BCUT2D eigenvalue weighted by molar-refractivity contribution is 5.97. The fraction of sp³-hybridized carbons (Fsp3) is 0.250. The number of hydrogen-bond donors (Lipinski definition) is 1. The highest BCUT2D eigenvalue weighted by Crippen LogP contribution is 2.13. The van der Waals surface area contributed by atoms with Crippen molar-refractivity contribution in [2.45, 2.75) is 26.2 Å². The van der Waals surface area contributed by atoms with Crippen molar-refractivity contribution in [2.75, 3.05) is 0 Å². The Morgan fingerprint density at radius 1 is 1.25 bits per heavy atom. The predicted molar refractivity (Wildman–Crippen MR) is 75.1 cm³/mol. The van der Waals surface area contributed by atoms with E-state index in [-0.39, 0.29) is 23.5 Å². The van der Waals surface area contributed by atoms with Gasteiger partial charge >= 0.3 is 0 Å². The van der Waals surface area contributed by atoms with Crippen molar-refractivity contribution >= 4 is 5.78 Å². The maximum atomic E-state index is 12.1. The zero-order chi connectivity index (χ0) is 14.5. The highest BCUT2D eigenvalue weighted by atomic mass is 16.4. The van der Waals surface area contributed by atoms with E-state index < -0.39 is 11.2 Å². The van der Waals surface area contributed by atoms with Gasteiger partial charge in [-0.25, -0.2) is 0 Å². The average molecular weight is 272 g/mol. The normalized spacial score (nSPS) is 10.4. The van der Waals surface area contributed by atoms with Crippen molar-refractivity contribution in [3.63, 3.8) is 0 Å². The molecule has 0 aliphatic carbocycles. The van der Waals surface area contributed by atoms with Crippen molar-refractivity contribution in [3.8, 4) is 5.75 Å². The van der Waals surface area contributed by atoms with Crippen molar-refractivity contribution in [2.24, 2.45) is 0 Å². The number of aryl methyl sites for hydroxylation is 2. The molecule has 2 aromatic rings. The standard InChI is InChI=1S/C16H16O4/c1-11-15(16(19)14(18)10-20-11)13(17)9-5-8-12-6-3-2-4-7-12/h2-4,6-7,10,18H,5,8-9H2,1H3. The predicted octanol–water partition coefficient (Wildman–Crippen LogP) is 2.86. The van der Waals surface area contributed by atoms with Crippen molar-refractivity contribution in [1.29, 1.82) is 0 Å². The molecule has 4 nitrogen and oxygen atoms in total. The minimum Gasteiger partial charge on any atom is -0.502 e. The third-order valence-electron chi connectivity index (χ3n) is 3.15. The minimum absolute atomic E-state index is 0.0435. The molecule has 0 aliphatic rings. The van der Waals surface area contributed by atoms with E-state index >= 15 is 0 Å². The summed E-state index contributed by atoms with van der Waals surface area (Å²) in [6.45, 7) is 1.55. The largest absolute Gasteiger partial charge is 0.502 e. The lowest BCUT2D eigenvalue weighted by Gasteiger charge is -2.04. The van der Waals surface area contributed by atoms with E-state index in [1.54, 1.807) is 6.92 Å². The van der Waals surface area contributed by atoms with Gasteiger partial charge in [0.25, 0.3) is 0 Å². The topological polar surface area (TPSA) is 67.5 Å². The van der Waals surface area contributed by atoms with Gasteiger partial charge < -0.3 is 9.52 Å². The van der Waals surface area contributed by atoms with Gasteiger partial charge in [0.15, 0.2) is 11.5 Å². The Balaban J connectivity index is 2.03. The van der Waals surface area contributed by atoms with Gasteiger partial charge in [0, 0.05) is 6.42 Å². The van der Waals surface area contributed by atoms with Gasteiger partial charge in [0.2, 0.25) is 5.43 Å². The molecule has 0 bridgehead atoms. The van der Waals surface area contributed by atoms with Crippen molar-refractivity contribution < 1.29 is 14.3 Å². The SMILES string of the molecule is Cc1occ(O)c(=O)c1C(=O)CCCc1ccccc1. The summed E-state index contributed by atoms with van der Waals surface area (Å²) in [5.74, 6) is -0.567. The van der Waals surface area contributed by atoms with Gasteiger partial charge in [0.1, 0.15) is 17.6 Å². The third-order valence-corrected chi connectivity index (χ3v) is 3.15. The fourth-order valence-corrected chi connectivity index (χ4v) is 2.09.